The molecule has 0 radical (unpaired) electrons. The molecule has 5 aromatic rings. The zero-order chi connectivity index (χ0) is 18.8. The third-order valence-electron chi connectivity index (χ3n) is 5.08. The van der Waals surface area contributed by atoms with Crippen LogP contribution in [0.3, 0.4) is 0 Å². The van der Waals surface area contributed by atoms with E-state index in [9.17, 15) is 0 Å². The van der Waals surface area contributed by atoms with Gasteiger partial charge < -0.3 is 0 Å². The summed E-state index contributed by atoms with van der Waals surface area (Å²) in [5.41, 5.74) is 6.74. The number of hydrogen-bond acceptors (Lipinski definition) is 1. The number of aromatic nitrogens is 1. The molecule has 0 aliphatic heterocycles. The summed E-state index contributed by atoms with van der Waals surface area (Å²) in [6.07, 6.45) is 0. The Labute approximate surface area is 165 Å². The van der Waals surface area contributed by atoms with E-state index in [1.54, 1.807) is 0 Å². The van der Waals surface area contributed by atoms with Crippen molar-refractivity contribution in [1.82, 2.24) is 4.98 Å². The van der Waals surface area contributed by atoms with Crippen molar-refractivity contribution >= 4 is 10.8 Å². The Morgan fingerprint density at radius 3 is 1.68 bits per heavy atom. The van der Waals surface area contributed by atoms with E-state index in [1.165, 1.54) is 21.9 Å². The van der Waals surface area contributed by atoms with Crippen molar-refractivity contribution in [1.29, 1.82) is 0 Å². The second-order valence-electron chi connectivity index (χ2n) is 6.89. The Balaban J connectivity index is 1.66. The average molecular weight is 357 g/mol. The van der Waals surface area contributed by atoms with E-state index >= 15 is 0 Å². The summed E-state index contributed by atoms with van der Waals surface area (Å²) in [7, 11) is 0. The highest BCUT2D eigenvalue weighted by Crippen LogP contribution is 2.32. The van der Waals surface area contributed by atoms with Crippen LogP contribution in [0.1, 0.15) is 0 Å². The molecule has 28 heavy (non-hydrogen) atoms. The van der Waals surface area contributed by atoms with Crippen molar-refractivity contribution in [3.8, 4) is 33.6 Å². The predicted octanol–water partition coefficient (Wildman–Crippen LogP) is 7.24. The number of benzene rings is 4. The molecular weight excluding hydrogens is 338 g/mol. The molecule has 0 saturated carbocycles. The lowest BCUT2D eigenvalue weighted by molar-refractivity contribution is 1.35. The predicted molar refractivity (Wildman–Crippen MR) is 118 cm³/mol. The van der Waals surface area contributed by atoms with E-state index in [0.29, 0.717) is 0 Å². The number of pyridine rings is 1. The topological polar surface area (TPSA) is 12.9 Å². The van der Waals surface area contributed by atoms with E-state index in [4.69, 9.17) is 4.98 Å². The van der Waals surface area contributed by atoms with Crippen molar-refractivity contribution in [2.45, 2.75) is 0 Å². The van der Waals surface area contributed by atoms with Gasteiger partial charge in [-0.15, -0.1) is 0 Å². The van der Waals surface area contributed by atoms with Crippen molar-refractivity contribution in [3.63, 3.8) is 0 Å². The fraction of sp³-hybridized carbons (Fsp3) is 0. The minimum absolute atomic E-state index is 1.00. The molecule has 1 heteroatoms. The van der Waals surface area contributed by atoms with Gasteiger partial charge in [0.2, 0.25) is 0 Å². The summed E-state index contributed by atoms with van der Waals surface area (Å²) in [6.45, 7) is 0. The highest BCUT2D eigenvalue weighted by molar-refractivity contribution is 5.97. The SMILES string of the molecule is c1ccc(-c2ccc(-c3nc(-c4ccccc4)cc4ccccc34)cc2)cc1. The molecule has 0 saturated heterocycles. The Bertz CT molecular complexity index is 1220. The van der Waals surface area contributed by atoms with Crippen LogP contribution >= 0.6 is 0 Å². The van der Waals surface area contributed by atoms with Gasteiger partial charge in [-0.2, -0.15) is 0 Å². The van der Waals surface area contributed by atoms with Gasteiger partial charge in [-0.05, 0) is 22.6 Å². The molecular formula is C27H19N. The highest BCUT2D eigenvalue weighted by Gasteiger charge is 2.10. The van der Waals surface area contributed by atoms with E-state index in [1.807, 2.05) is 12.1 Å². The summed E-state index contributed by atoms with van der Waals surface area (Å²) >= 11 is 0. The smallest absolute Gasteiger partial charge is 0.0787 e. The van der Waals surface area contributed by atoms with Crippen LogP contribution in [0.15, 0.2) is 115 Å². The van der Waals surface area contributed by atoms with Crippen molar-refractivity contribution in [2.75, 3.05) is 0 Å². The van der Waals surface area contributed by atoms with Gasteiger partial charge in [-0.1, -0.05) is 109 Å². The third kappa shape index (κ3) is 3.08. The molecule has 4 aromatic carbocycles. The quantitative estimate of drug-likeness (QED) is 0.332. The van der Waals surface area contributed by atoms with Crippen LogP contribution in [-0.4, -0.2) is 4.98 Å². The van der Waals surface area contributed by atoms with E-state index in [2.05, 4.69) is 103 Å². The third-order valence-corrected chi connectivity index (χ3v) is 5.08. The molecule has 0 spiro atoms. The van der Waals surface area contributed by atoms with E-state index in [-0.39, 0.29) is 0 Å². The number of nitrogens with zero attached hydrogens (tertiary/aromatic N) is 1. The summed E-state index contributed by atoms with van der Waals surface area (Å²) < 4.78 is 0. The maximum absolute atomic E-state index is 5.04. The molecule has 0 unspecified atom stereocenters. The Morgan fingerprint density at radius 1 is 0.429 bits per heavy atom. The van der Waals surface area contributed by atoms with Crippen molar-refractivity contribution < 1.29 is 0 Å². The van der Waals surface area contributed by atoms with Gasteiger partial charge in [0.05, 0.1) is 11.4 Å². The Hall–Kier alpha value is -3.71. The molecule has 0 bridgehead atoms. The lowest BCUT2D eigenvalue weighted by atomic mass is 9.98. The van der Waals surface area contributed by atoms with Gasteiger partial charge in [0, 0.05) is 16.5 Å². The largest absolute Gasteiger partial charge is 0.247 e. The van der Waals surface area contributed by atoms with Crippen LogP contribution in [-0.2, 0) is 0 Å². The van der Waals surface area contributed by atoms with Crippen LogP contribution in [0.25, 0.3) is 44.4 Å². The minimum Gasteiger partial charge on any atom is -0.247 e. The Morgan fingerprint density at radius 2 is 0.964 bits per heavy atom. The standard InChI is InChI=1S/C27H19N/c1-3-9-20(10-4-1)21-15-17-23(18-16-21)27-25-14-8-7-13-24(25)19-26(28-27)22-11-5-2-6-12-22/h1-19H. The van der Waals surface area contributed by atoms with Crippen molar-refractivity contribution in [2.24, 2.45) is 0 Å². The van der Waals surface area contributed by atoms with E-state index < -0.39 is 0 Å². The second kappa shape index (κ2) is 7.13. The zero-order valence-electron chi connectivity index (χ0n) is 15.4. The van der Waals surface area contributed by atoms with Gasteiger partial charge in [-0.3, -0.25) is 0 Å². The molecule has 0 aliphatic rings. The highest BCUT2D eigenvalue weighted by atomic mass is 14.7. The van der Waals surface area contributed by atoms with Crippen LogP contribution in [0.4, 0.5) is 0 Å². The fourth-order valence-corrected chi connectivity index (χ4v) is 3.63. The van der Waals surface area contributed by atoms with Crippen LogP contribution in [0.5, 0.6) is 0 Å². The first-order valence-corrected chi connectivity index (χ1v) is 9.49. The molecule has 1 aromatic heterocycles. The first-order valence-electron chi connectivity index (χ1n) is 9.49. The summed E-state index contributed by atoms with van der Waals surface area (Å²) in [5.74, 6) is 0. The van der Waals surface area contributed by atoms with Gasteiger partial charge in [-0.25, -0.2) is 4.98 Å². The van der Waals surface area contributed by atoms with E-state index in [0.717, 1.165) is 22.5 Å². The minimum atomic E-state index is 1.00. The maximum atomic E-state index is 5.04. The van der Waals surface area contributed by atoms with Crippen molar-refractivity contribution in [3.05, 3.63) is 115 Å². The van der Waals surface area contributed by atoms with Crippen LogP contribution in [0, 0.1) is 0 Å². The summed E-state index contributed by atoms with van der Waals surface area (Å²) in [5, 5.41) is 2.38. The summed E-state index contributed by atoms with van der Waals surface area (Å²) in [6, 6.07) is 40.2. The molecule has 1 heterocycles. The average Bonchev–Trinajstić information content (AvgIpc) is 2.80. The fourth-order valence-electron chi connectivity index (χ4n) is 3.63. The normalized spacial score (nSPS) is 10.9. The molecule has 0 N–H and O–H groups in total. The summed E-state index contributed by atoms with van der Waals surface area (Å²) in [4.78, 5) is 5.04. The number of fused-ring (bicyclic) bond motifs is 1. The molecule has 132 valence electrons. The molecule has 0 fully saturated rings. The maximum Gasteiger partial charge on any atom is 0.0787 e. The molecule has 0 aliphatic carbocycles. The molecule has 0 amide bonds. The lowest BCUT2D eigenvalue weighted by Crippen LogP contribution is -1.91. The lowest BCUT2D eigenvalue weighted by Gasteiger charge is -2.11. The van der Waals surface area contributed by atoms with Gasteiger partial charge in [0.1, 0.15) is 0 Å². The second-order valence-corrected chi connectivity index (χ2v) is 6.89. The first-order chi connectivity index (χ1) is 13.9. The zero-order valence-corrected chi connectivity index (χ0v) is 15.4. The van der Waals surface area contributed by atoms with Gasteiger partial charge in [0.15, 0.2) is 0 Å². The molecule has 1 nitrogen and oxygen atoms in total. The van der Waals surface area contributed by atoms with Gasteiger partial charge in [0.25, 0.3) is 0 Å². The molecule has 5 rings (SSSR count). The number of hydrogen-bond donors (Lipinski definition) is 0. The van der Waals surface area contributed by atoms with Crippen LogP contribution in [0.2, 0.25) is 0 Å². The van der Waals surface area contributed by atoms with Gasteiger partial charge >= 0.3 is 0 Å². The molecule has 0 atom stereocenters. The number of rotatable bonds is 3. The first kappa shape index (κ1) is 16.5. The van der Waals surface area contributed by atoms with Crippen LogP contribution < -0.4 is 0 Å². The monoisotopic (exact) mass is 357 g/mol. The Kier molecular flexibility index (Phi) is 4.19.